The van der Waals surface area contributed by atoms with Gasteiger partial charge in [0.05, 0.1) is 37.6 Å². The van der Waals surface area contributed by atoms with Crippen LogP contribution in [0.4, 0.5) is 0 Å². The Morgan fingerprint density at radius 1 is 1.46 bits per heavy atom. The average molecular weight is 350 g/mol. The van der Waals surface area contributed by atoms with Gasteiger partial charge in [0.15, 0.2) is 9.84 Å². The van der Waals surface area contributed by atoms with Gasteiger partial charge in [-0.15, -0.1) is 0 Å². The highest BCUT2D eigenvalue weighted by Crippen LogP contribution is 2.28. The molecule has 0 bridgehead atoms. The number of hydrogen-bond acceptors (Lipinski definition) is 6. The average Bonchev–Trinajstić information content (AvgIpc) is 3.05. The molecule has 0 spiro atoms. The van der Waals surface area contributed by atoms with E-state index in [1.807, 2.05) is 6.07 Å². The second-order valence-corrected chi connectivity index (χ2v) is 7.62. The summed E-state index contributed by atoms with van der Waals surface area (Å²) in [7, 11) is -3.44. The first-order chi connectivity index (χ1) is 11.5. The number of hydrogen-bond donors (Lipinski definition) is 1. The maximum absolute atomic E-state index is 12.7. The lowest BCUT2D eigenvalue weighted by Crippen LogP contribution is -2.44. The van der Waals surface area contributed by atoms with Crippen LogP contribution in [0.15, 0.2) is 35.6 Å². The van der Waals surface area contributed by atoms with Crippen molar-refractivity contribution in [3.63, 3.8) is 0 Å². The molecule has 0 aromatic carbocycles. The molecule has 24 heavy (non-hydrogen) atoms. The zero-order valence-corrected chi connectivity index (χ0v) is 14.0. The van der Waals surface area contributed by atoms with Gasteiger partial charge in [-0.2, -0.15) is 5.10 Å². The third-order valence-corrected chi connectivity index (χ3v) is 5.02. The molecule has 0 saturated carbocycles. The molecule has 0 aliphatic carbocycles. The predicted octanol–water partition coefficient (Wildman–Crippen LogP) is 0.351. The zero-order chi connectivity index (χ0) is 17.2. The number of carbonyl (C=O) groups excluding carboxylic acids is 1. The molecule has 1 fully saturated rings. The van der Waals surface area contributed by atoms with E-state index in [0.29, 0.717) is 18.8 Å². The Morgan fingerprint density at radius 2 is 2.29 bits per heavy atom. The normalized spacial score (nSPS) is 18.5. The number of pyridine rings is 1. The number of nitrogens with zero attached hydrogens (tertiary/aromatic N) is 3. The van der Waals surface area contributed by atoms with Crippen molar-refractivity contribution in [2.45, 2.75) is 17.4 Å². The van der Waals surface area contributed by atoms with Crippen molar-refractivity contribution in [3.05, 3.63) is 42.0 Å². The topological polar surface area (TPSA) is 105 Å². The van der Waals surface area contributed by atoms with E-state index in [9.17, 15) is 13.2 Å². The van der Waals surface area contributed by atoms with Gasteiger partial charge < -0.3 is 9.64 Å². The summed E-state index contributed by atoms with van der Waals surface area (Å²) in [4.78, 5) is 18.4. The predicted molar refractivity (Wildman–Crippen MR) is 84.9 cm³/mol. The Morgan fingerprint density at radius 3 is 3.00 bits per heavy atom. The highest BCUT2D eigenvalue weighted by molar-refractivity contribution is 7.90. The molecular formula is C15H18N4O4S. The van der Waals surface area contributed by atoms with Gasteiger partial charge in [-0.3, -0.25) is 14.9 Å². The number of aromatic nitrogens is 3. The van der Waals surface area contributed by atoms with E-state index in [0.717, 1.165) is 11.8 Å². The lowest BCUT2D eigenvalue weighted by molar-refractivity contribution is -0.139. The maximum Gasteiger partial charge on any atom is 0.227 e. The first-order valence-corrected chi connectivity index (χ1v) is 9.35. The number of amides is 1. The summed E-state index contributed by atoms with van der Waals surface area (Å²) in [5.41, 5.74) is 1.19. The van der Waals surface area contributed by atoms with Crippen LogP contribution >= 0.6 is 0 Å². The lowest BCUT2D eigenvalue weighted by Gasteiger charge is -2.35. The second-order valence-electron chi connectivity index (χ2n) is 5.64. The molecule has 3 rings (SSSR count). The third-order valence-electron chi connectivity index (χ3n) is 3.89. The van der Waals surface area contributed by atoms with Gasteiger partial charge in [-0.1, -0.05) is 6.07 Å². The summed E-state index contributed by atoms with van der Waals surface area (Å²) in [6, 6.07) is 3.10. The molecule has 1 aliphatic rings. The molecule has 1 atom stereocenters. The second kappa shape index (κ2) is 6.70. The number of ether oxygens (including phenoxy) is 1. The molecule has 8 nitrogen and oxygen atoms in total. The number of morpholine rings is 1. The molecule has 0 unspecified atom stereocenters. The monoisotopic (exact) mass is 350 g/mol. The number of rotatable bonds is 4. The van der Waals surface area contributed by atoms with E-state index < -0.39 is 15.9 Å². The largest absolute Gasteiger partial charge is 0.377 e. The molecule has 1 aliphatic heterocycles. The molecule has 128 valence electrons. The summed E-state index contributed by atoms with van der Waals surface area (Å²) < 4.78 is 29.3. The minimum absolute atomic E-state index is 0.0946. The molecule has 1 amide bonds. The van der Waals surface area contributed by atoms with E-state index in [4.69, 9.17) is 4.74 Å². The Kier molecular flexibility index (Phi) is 4.63. The number of H-pyrrole nitrogens is 1. The molecule has 1 N–H and O–H groups in total. The molecule has 1 saturated heterocycles. The Bertz CT molecular complexity index is 819. The molecule has 9 heteroatoms. The Balaban J connectivity index is 1.87. The van der Waals surface area contributed by atoms with E-state index in [-0.39, 0.29) is 23.8 Å². The zero-order valence-electron chi connectivity index (χ0n) is 13.2. The van der Waals surface area contributed by atoms with Gasteiger partial charge in [0.1, 0.15) is 4.90 Å². The minimum atomic E-state index is -3.44. The summed E-state index contributed by atoms with van der Waals surface area (Å²) in [6.45, 7) is 1.03. The van der Waals surface area contributed by atoms with E-state index >= 15 is 0 Å². The Hall–Kier alpha value is -2.26. The standard InChI is InChI=1S/C15H18N4O4S/c1-24(21,22)13-9-17-18-15(13)12-10-23-6-5-19(12)14(20)7-11-3-2-4-16-8-11/h2-4,8-9,12H,5-7,10H2,1H3,(H,17,18)/t12-/m0/s1. The van der Waals surface area contributed by atoms with Crippen molar-refractivity contribution < 1.29 is 17.9 Å². The van der Waals surface area contributed by atoms with Crippen LogP contribution in [0.25, 0.3) is 0 Å². The highest BCUT2D eigenvalue weighted by atomic mass is 32.2. The van der Waals surface area contributed by atoms with Crippen LogP contribution in [-0.2, 0) is 25.8 Å². The quantitative estimate of drug-likeness (QED) is 0.853. The van der Waals surface area contributed by atoms with E-state index in [1.165, 1.54) is 6.20 Å². The van der Waals surface area contributed by atoms with Crippen LogP contribution in [0.1, 0.15) is 17.3 Å². The molecular weight excluding hydrogens is 332 g/mol. The fourth-order valence-electron chi connectivity index (χ4n) is 2.74. The number of carbonyl (C=O) groups is 1. The van der Waals surface area contributed by atoms with Crippen LogP contribution in [0, 0.1) is 0 Å². The molecule has 2 aromatic rings. The van der Waals surface area contributed by atoms with Crippen LogP contribution in [0.3, 0.4) is 0 Å². The van der Waals surface area contributed by atoms with Crippen LogP contribution in [-0.4, -0.2) is 60.4 Å². The van der Waals surface area contributed by atoms with Gasteiger partial charge >= 0.3 is 0 Å². The fourth-order valence-corrected chi connectivity index (χ4v) is 3.56. The van der Waals surface area contributed by atoms with E-state index in [1.54, 1.807) is 23.4 Å². The van der Waals surface area contributed by atoms with Crippen molar-refractivity contribution in [1.29, 1.82) is 0 Å². The number of sulfone groups is 1. The first-order valence-electron chi connectivity index (χ1n) is 7.46. The van der Waals surface area contributed by atoms with Crippen molar-refractivity contribution in [3.8, 4) is 0 Å². The minimum Gasteiger partial charge on any atom is -0.377 e. The van der Waals surface area contributed by atoms with Crippen LogP contribution in [0.2, 0.25) is 0 Å². The highest BCUT2D eigenvalue weighted by Gasteiger charge is 2.33. The summed E-state index contributed by atoms with van der Waals surface area (Å²) in [6.07, 6.45) is 5.88. The fraction of sp³-hybridized carbons (Fsp3) is 0.400. The Labute approximate surface area is 139 Å². The number of nitrogens with one attached hydrogen (secondary N) is 1. The van der Waals surface area contributed by atoms with Crippen molar-refractivity contribution in [1.82, 2.24) is 20.1 Å². The smallest absolute Gasteiger partial charge is 0.227 e. The molecule has 3 heterocycles. The van der Waals surface area contributed by atoms with Crippen molar-refractivity contribution >= 4 is 15.7 Å². The van der Waals surface area contributed by atoms with Gasteiger partial charge in [0, 0.05) is 25.2 Å². The van der Waals surface area contributed by atoms with Gasteiger partial charge in [-0.25, -0.2) is 8.42 Å². The van der Waals surface area contributed by atoms with E-state index in [2.05, 4.69) is 15.2 Å². The van der Waals surface area contributed by atoms with Gasteiger partial charge in [0.25, 0.3) is 0 Å². The summed E-state index contributed by atoms with van der Waals surface area (Å²) in [5.74, 6) is -0.106. The van der Waals surface area contributed by atoms with Crippen LogP contribution in [0.5, 0.6) is 0 Å². The number of aromatic amines is 1. The SMILES string of the molecule is CS(=O)(=O)c1cn[nH]c1[C@@H]1COCCN1C(=O)Cc1cccnc1. The maximum atomic E-state index is 12.7. The van der Waals surface area contributed by atoms with Crippen molar-refractivity contribution in [2.75, 3.05) is 26.0 Å². The third kappa shape index (κ3) is 3.46. The first kappa shape index (κ1) is 16.6. The molecule has 2 aromatic heterocycles. The van der Waals surface area contributed by atoms with Gasteiger partial charge in [-0.05, 0) is 11.6 Å². The summed E-state index contributed by atoms with van der Waals surface area (Å²) in [5, 5.41) is 6.55. The molecule has 0 radical (unpaired) electrons. The van der Waals surface area contributed by atoms with Gasteiger partial charge in [0.2, 0.25) is 5.91 Å². The lowest BCUT2D eigenvalue weighted by atomic mass is 10.1. The summed E-state index contributed by atoms with van der Waals surface area (Å²) >= 11 is 0. The van der Waals surface area contributed by atoms with Crippen LogP contribution < -0.4 is 0 Å². The van der Waals surface area contributed by atoms with Crippen molar-refractivity contribution in [2.24, 2.45) is 0 Å².